The van der Waals surface area contributed by atoms with E-state index in [1.807, 2.05) is 0 Å². The Bertz CT molecular complexity index is 235. The minimum Gasteiger partial charge on any atom is -0.0841 e. The highest BCUT2D eigenvalue weighted by molar-refractivity contribution is 5.31. The van der Waals surface area contributed by atoms with Crippen molar-refractivity contribution in [3.8, 4) is 0 Å². The van der Waals surface area contributed by atoms with Crippen LogP contribution in [-0.2, 0) is 0 Å². The van der Waals surface area contributed by atoms with Gasteiger partial charge in [-0.25, -0.2) is 0 Å². The molecule has 0 fully saturated rings. The van der Waals surface area contributed by atoms with E-state index in [4.69, 9.17) is 0 Å². The van der Waals surface area contributed by atoms with Crippen LogP contribution in [0, 0.1) is 10.8 Å². The van der Waals surface area contributed by atoms with Crippen molar-refractivity contribution >= 4 is 0 Å². The van der Waals surface area contributed by atoms with Gasteiger partial charge in [-0.05, 0) is 23.7 Å². The van der Waals surface area contributed by atoms with Gasteiger partial charge in [0.25, 0.3) is 0 Å². The van der Waals surface area contributed by atoms with E-state index in [9.17, 15) is 0 Å². The summed E-state index contributed by atoms with van der Waals surface area (Å²) in [6.07, 6.45) is 6.93. The lowest BCUT2D eigenvalue weighted by Crippen LogP contribution is -2.20. The largest absolute Gasteiger partial charge is 0.0841 e. The maximum absolute atomic E-state index is 2.33. The zero-order valence-corrected chi connectivity index (χ0v) is 10.6. The molecule has 0 amide bonds. The zero-order valence-electron chi connectivity index (χ0n) is 10.6. The predicted molar refractivity (Wildman–Crippen MR) is 64.3 cm³/mol. The molecule has 80 valence electrons. The third-order valence-corrected chi connectivity index (χ3v) is 2.99. The first-order valence-electron chi connectivity index (χ1n) is 5.61. The van der Waals surface area contributed by atoms with Crippen molar-refractivity contribution in [1.29, 1.82) is 0 Å². The summed E-state index contributed by atoms with van der Waals surface area (Å²) in [7, 11) is 0. The van der Waals surface area contributed by atoms with Crippen LogP contribution in [0.15, 0.2) is 23.3 Å². The van der Waals surface area contributed by atoms with Crippen LogP contribution in [0.2, 0.25) is 0 Å². The van der Waals surface area contributed by atoms with Crippen molar-refractivity contribution in [2.45, 2.75) is 54.4 Å². The molecule has 0 saturated carbocycles. The minimum atomic E-state index is 0.327. The number of rotatable bonds is 0. The Morgan fingerprint density at radius 1 is 0.714 bits per heavy atom. The Balaban J connectivity index is 3.12. The van der Waals surface area contributed by atoms with Gasteiger partial charge in [-0.15, -0.1) is 0 Å². The zero-order chi connectivity index (χ0) is 11.0. The average molecular weight is 192 g/mol. The standard InChI is InChI=1S/C14H24/c1-13(2,3)11-9-7-8-10-12(11)14(4,5)6/h7-8H,9-10H2,1-6H3. The Hall–Kier alpha value is -0.520. The van der Waals surface area contributed by atoms with Crippen molar-refractivity contribution in [2.75, 3.05) is 0 Å². The van der Waals surface area contributed by atoms with E-state index in [0.717, 1.165) is 12.8 Å². The molecule has 0 aromatic heterocycles. The lowest BCUT2D eigenvalue weighted by atomic mass is 9.71. The van der Waals surface area contributed by atoms with Crippen LogP contribution in [0.25, 0.3) is 0 Å². The molecule has 14 heavy (non-hydrogen) atoms. The first-order chi connectivity index (χ1) is 6.23. The van der Waals surface area contributed by atoms with Gasteiger partial charge in [-0.2, -0.15) is 0 Å². The lowest BCUT2D eigenvalue weighted by Gasteiger charge is -2.34. The normalized spacial score (nSPS) is 19.0. The fourth-order valence-corrected chi connectivity index (χ4v) is 2.17. The topological polar surface area (TPSA) is 0 Å². The van der Waals surface area contributed by atoms with E-state index in [-0.39, 0.29) is 0 Å². The minimum absolute atomic E-state index is 0.327. The summed E-state index contributed by atoms with van der Waals surface area (Å²) in [6.45, 7) is 14.0. The molecule has 1 aliphatic carbocycles. The highest BCUT2D eigenvalue weighted by atomic mass is 14.3. The second-order valence-electron chi connectivity index (χ2n) is 6.34. The lowest BCUT2D eigenvalue weighted by molar-refractivity contribution is 0.427. The molecule has 0 saturated heterocycles. The van der Waals surface area contributed by atoms with Gasteiger partial charge in [0.1, 0.15) is 0 Å². The second kappa shape index (κ2) is 3.56. The van der Waals surface area contributed by atoms with E-state index in [0.29, 0.717) is 10.8 Å². The first-order valence-corrected chi connectivity index (χ1v) is 5.61. The Morgan fingerprint density at radius 2 is 1.00 bits per heavy atom. The summed E-state index contributed by atoms with van der Waals surface area (Å²) in [5.41, 5.74) is 3.95. The molecule has 1 aliphatic rings. The Morgan fingerprint density at radius 3 is 1.21 bits per heavy atom. The summed E-state index contributed by atoms with van der Waals surface area (Å²) in [6, 6.07) is 0. The van der Waals surface area contributed by atoms with Crippen molar-refractivity contribution in [1.82, 2.24) is 0 Å². The average Bonchev–Trinajstić information content (AvgIpc) is 2.01. The van der Waals surface area contributed by atoms with E-state index >= 15 is 0 Å². The van der Waals surface area contributed by atoms with Gasteiger partial charge in [0.15, 0.2) is 0 Å². The van der Waals surface area contributed by atoms with Gasteiger partial charge in [0.05, 0.1) is 0 Å². The number of allylic oxidation sites excluding steroid dienone is 4. The third-order valence-electron chi connectivity index (χ3n) is 2.99. The van der Waals surface area contributed by atoms with Crippen molar-refractivity contribution in [3.63, 3.8) is 0 Å². The molecule has 0 radical (unpaired) electrons. The molecule has 0 atom stereocenters. The molecule has 0 unspecified atom stereocenters. The molecule has 0 N–H and O–H groups in total. The molecule has 0 aromatic rings. The predicted octanol–water partition coefficient (Wildman–Crippen LogP) is 4.73. The molecule has 0 aromatic carbocycles. The van der Waals surface area contributed by atoms with Gasteiger partial charge in [-0.1, -0.05) is 64.8 Å². The third kappa shape index (κ3) is 2.50. The van der Waals surface area contributed by atoms with E-state index < -0.39 is 0 Å². The van der Waals surface area contributed by atoms with Crippen LogP contribution in [0.1, 0.15) is 54.4 Å². The molecular weight excluding hydrogens is 168 g/mol. The fraction of sp³-hybridized carbons (Fsp3) is 0.714. The fourth-order valence-electron chi connectivity index (χ4n) is 2.17. The van der Waals surface area contributed by atoms with Gasteiger partial charge in [-0.3, -0.25) is 0 Å². The van der Waals surface area contributed by atoms with Crippen LogP contribution >= 0.6 is 0 Å². The van der Waals surface area contributed by atoms with Crippen LogP contribution in [0.4, 0.5) is 0 Å². The van der Waals surface area contributed by atoms with Crippen molar-refractivity contribution < 1.29 is 0 Å². The molecule has 0 aliphatic heterocycles. The second-order valence-corrected chi connectivity index (χ2v) is 6.34. The summed E-state index contributed by atoms with van der Waals surface area (Å²) < 4.78 is 0. The Labute approximate surface area is 89.1 Å². The van der Waals surface area contributed by atoms with E-state index in [1.54, 1.807) is 11.1 Å². The SMILES string of the molecule is CC(C)(C)C1=C(C(C)(C)C)CC=CC1. The Kier molecular flexibility index (Phi) is 2.94. The molecule has 0 heterocycles. The smallest absolute Gasteiger partial charge is 0.0130 e. The highest BCUT2D eigenvalue weighted by Gasteiger charge is 2.27. The summed E-state index contributed by atoms with van der Waals surface area (Å²) >= 11 is 0. The van der Waals surface area contributed by atoms with Gasteiger partial charge in [0.2, 0.25) is 0 Å². The van der Waals surface area contributed by atoms with Gasteiger partial charge < -0.3 is 0 Å². The van der Waals surface area contributed by atoms with Crippen LogP contribution in [0.5, 0.6) is 0 Å². The molecular formula is C14H24. The monoisotopic (exact) mass is 192 g/mol. The maximum Gasteiger partial charge on any atom is -0.0130 e. The van der Waals surface area contributed by atoms with Gasteiger partial charge >= 0.3 is 0 Å². The van der Waals surface area contributed by atoms with Crippen molar-refractivity contribution in [3.05, 3.63) is 23.3 Å². The summed E-state index contributed by atoms with van der Waals surface area (Å²) in [4.78, 5) is 0. The quantitative estimate of drug-likeness (QED) is 0.487. The number of hydrogen-bond donors (Lipinski definition) is 0. The molecule has 1 rings (SSSR count). The number of hydrogen-bond acceptors (Lipinski definition) is 0. The highest BCUT2D eigenvalue weighted by Crippen LogP contribution is 2.42. The molecule has 0 bridgehead atoms. The van der Waals surface area contributed by atoms with Crippen LogP contribution < -0.4 is 0 Å². The molecule has 0 spiro atoms. The summed E-state index contributed by atoms with van der Waals surface area (Å²) in [5.74, 6) is 0. The van der Waals surface area contributed by atoms with Gasteiger partial charge in [0, 0.05) is 0 Å². The molecule has 0 nitrogen and oxygen atoms in total. The first kappa shape index (κ1) is 11.6. The maximum atomic E-state index is 2.33. The molecule has 0 heteroatoms. The van der Waals surface area contributed by atoms with Crippen LogP contribution in [0.3, 0.4) is 0 Å². The van der Waals surface area contributed by atoms with Crippen LogP contribution in [-0.4, -0.2) is 0 Å². The van der Waals surface area contributed by atoms with E-state index in [2.05, 4.69) is 53.7 Å². The van der Waals surface area contributed by atoms with Crippen molar-refractivity contribution in [2.24, 2.45) is 10.8 Å². The summed E-state index contributed by atoms with van der Waals surface area (Å²) in [5, 5.41) is 0. The van der Waals surface area contributed by atoms with E-state index in [1.165, 1.54) is 0 Å².